The van der Waals surface area contributed by atoms with Crippen molar-refractivity contribution in [3.8, 4) is 11.3 Å². The largest absolute Gasteiger partial charge is 0.374 e. The summed E-state index contributed by atoms with van der Waals surface area (Å²) in [7, 11) is 0. The van der Waals surface area contributed by atoms with Gasteiger partial charge in [0.15, 0.2) is 10.8 Å². The Labute approximate surface area is 141 Å². The zero-order valence-corrected chi connectivity index (χ0v) is 13.1. The van der Waals surface area contributed by atoms with Crippen molar-refractivity contribution in [3.05, 3.63) is 70.8 Å². The Morgan fingerprint density at radius 2 is 1.88 bits per heavy atom. The summed E-state index contributed by atoms with van der Waals surface area (Å²) in [6, 6.07) is 14.7. The minimum absolute atomic E-state index is 0.0401. The van der Waals surface area contributed by atoms with Gasteiger partial charge in [0.1, 0.15) is 5.82 Å². The first-order valence-corrected chi connectivity index (χ1v) is 7.34. The molecule has 0 unspecified atom stereocenters. The number of rotatable bonds is 3. The first kappa shape index (κ1) is 15.8. The lowest BCUT2D eigenvalue weighted by Crippen LogP contribution is -2.29. The summed E-state index contributed by atoms with van der Waals surface area (Å²) in [6.07, 6.45) is 0. The summed E-state index contributed by atoms with van der Waals surface area (Å²) in [6.45, 7) is 0. The topological polar surface area (TPSA) is 88.5 Å². The fourth-order valence-corrected chi connectivity index (χ4v) is 2.26. The Balaban J connectivity index is 2.12. The minimum Gasteiger partial charge on any atom is -0.374 e. The van der Waals surface area contributed by atoms with Crippen LogP contribution in [0.3, 0.4) is 0 Å². The third-order valence-corrected chi connectivity index (χ3v) is 3.41. The van der Waals surface area contributed by atoms with Crippen LogP contribution in [0.25, 0.3) is 11.3 Å². The van der Waals surface area contributed by atoms with Gasteiger partial charge in [0.05, 0.1) is 11.4 Å². The van der Waals surface area contributed by atoms with Crippen LogP contribution >= 0.6 is 12.2 Å². The van der Waals surface area contributed by atoms with Gasteiger partial charge < -0.3 is 5.73 Å². The smallest absolute Gasteiger partial charge is 0.301 e. The molecule has 0 saturated heterocycles. The predicted molar refractivity (Wildman–Crippen MR) is 93.2 cm³/mol. The molecule has 0 spiro atoms. The molecule has 0 amide bonds. The Hall–Kier alpha value is -3.13. The van der Waals surface area contributed by atoms with Gasteiger partial charge in [0, 0.05) is 11.6 Å². The van der Waals surface area contributed by atoms with Gasteiger partial charge in [-0.2, -0.15) is 9.80 Å². The van der Waals surface area contributed by atoms with Gasteiger partial charge in [-0.3, -0.25) is 9.89 Å². The van der Waals surface area contributed by atoms with Crippen molar-refractivity contribution in [2.24, 2.45) is 16.0 Å². The average molecular weight is 341 g/mol. The molecule has 0 fully saturated rings. The van der Waals surface area contributed by atoms with Crippen molar-refractivity contribution in [2.45, 2.75) is 0 Å². The van der Waals surface area contributed by atoms with Crippen LogP contribution in [0.4, 0.5) is 15.8 Å². The first-order valence-electron chi connectivity index (χ1n) is 6.94. The van der Waals surface area contributed by atoms with Crippen LogP contribution < -0.4 is 11.3 Å². The highest BCUT2D eigenvalue weighted by Crippen LogP contribution is 2.27. The van der Waals surface area contributed by atoms with Gasteiger partial charge >= 0.3 is 5.56 Å². The zero-order valence-electron chi connectivity index (χ0n) is 12.3. The van der Waals surface area contributed by atoms with E-state index in [9.17, 15) is 9.18 Å². The number of hydrogen-bond donors (Lipinski definition) is 2. The van der Waals surface area contributed by atoms with E-state index in [1.165, 1.54) is 18.2 Å². The molecule has 120 valence electrons. The summed E-state index contributed by atoms with van der Waals surface area (Å²) >= 11 is 4.85. The summed E-state index contributed by atoms with van der Waals surface area (Å²) in [5.74, 6) is -0.440. The molecular formula is C16H12FN5OS. The number of aromatic amines is 1. The molecule has 0 bridgehead atoms. The van der Waals surface area contributed by atoms with Crippen molar-refractivity contribution in [1.82, 2.24) is 9.78 Å². The molecule has 6 nitrogen and oxygen atoms in total. The van der Waals surface area contributed by atoms with E-state index in [0.717, 1.165) is 10.2 Å². The van der Waals surface area contributed by atoms with Gasteiger partial charge in [-0.1, -0.05) is 36.4 Å². The number of thiocarbonyl (C=S) groups is 1. The number of aromatic nitrogens is 2. The van der Waals surface area contributed by atoms with Crippen molar-refractivity contribution in [2.75, 3.05) is 0 Å². The Morgan fingerprint density at radius 3 is 2.54 bits per heavy atom. The number of azo groups is 1. The quantitative estimate of drug-likeness (QED) is 0.564. The molecule has 0 aliphatic carbocycles. The van der Waals surface area contributed by atoms with E-state index in [-0.39, 0.29) is 16.5 Å². The summed E-state index contributed by atoms with van der Waals surface area (Å²) in [4.78, 5) is 12.4. The number of nitrogens with one attached hydrogen (secondary N) is 1. The fourth-order valence-electron chi connectivity index (χ4n) is 2.13. The monoisotopic (exact) mass is 341 g/mol. The van der Waals surface area contributed by atoms with E-state index in [0.29, 0.717) is 5.69 Å². The average Bonchev–Trinajstić information content (AvgIpc) is 2.91. The molecule has 3 N–H and O–H groups in total. The standard InChI is InChI=1S/C16H12FN5OS/c17-11-7-4-8-12(9-11)19-20-14-13(10-5-2-1-3-6-10)21-22(15(14)23)16(18)24/h1-9,21H,(H2,18,24). The second kappa shape index (κ2) is 6.55. The molecule has 0 saturated carbocycles. The van der Waals surface area contributed by atoms with E-state index in [4.69, 9.17) is 18.0 Å². The fraction of sp³-hybridized carbons (Fsp3) is 0. The number of hydrogen-bond acceptors (Lipinski definition) is 4. The van der Waals surface area contributed by atoms with Crippen LogP contribution in [0, 0.1) is 5.82 Å². The second-order valence-corrected chi connectivity index (χ2v) is 5.28. The van der Waals surface area contributed by atoms with E-state index in [2.05, 4.69) is 15.3 Å². The summed E-state index contributed by atoms with van der Waals surface area (Å²) in [5.41, 5.74) is 6.49. The molecule has 3 aromatic rings. The number of nitrogens with zero attached hydrogens (tertiary/aromatic N) is 3. The Bertz CT molecular complexity index is 978. The number of H-pyrrole nitrogens is 1. The van der Waals surface area contributed by atoms with Crippen molar-refractivity contribution in [3.63, 3.8) is 0 Å². The molecule has 24 heavy (non-hydrogen) atoms. The van der Waals surface area contributed by atoms with E-state index in [1.54, 1.807) is 18.2 Å². The van der Waals surface area contributed by atoms with Gasteiger partial charge in [-0.15, -0.1) is 5.11 Å². The SMILES string of the molecule is NC(=S)n1[nH]c(-c2ccccc2)c(N=Nc2cccc(F)c2)c1=O. The molecule has 2 aromatic carbocycles. The maximum atomic E-state index is 13.2. The molecule has 1 heterocycles. The molecule has 0 radical (unpaired) electrons. The normalized spacial score (nSPS) is 11.0. The summed E-state index contributed by atoms with van der Waals surface area (Å²) < 4.78 is 14.2. The molecule has 0 aliphatic rings. The van der Waals surface area contributed by atoms with Gasteiger partial charge in [-0.05, 0) is 24.4 Å². The van der Waals surface area contributed by atoms with E-state index >= 15 is 0 Å². The third kappa shape index (κ3) is 3.13. The maximum absolute atomic E-state index is 13.2. The Morgan fingerprint density at radius 1 is 1.12 bits per heavy atom. The highest BCUT2D eigenvalue weighted by molar-refractivity contribution is 7.80. The first-order chi connectivity index (χ1) is 11.6. The van der Waals surface area contributed by atoms with Crippen molar-refractivity contribution >= 4 is 28.7 Å². The molecule has 1 aromatic heterocycles. The van der Waals surface area contributed by atoms with Crippen LogP contribution in [-0.2, 0) is 0 Å². The highest BCUT2D eigenvalue weighted by Gasteiger charge is 2.16. The lowest BCUT2D eigenvalue weighted by molar-refractivity contribution is 0.628. The van der Waals surface area contributed by atoms with Crippen LogP contribution in [0.1, 0.15) is 0 Å². The maximum Gasteiger partial charge on any atom is 0.301 e. The lowest BCUT2D eigenvalue weighted by Gasteiger charge is -1.99. The number of halogens is 1. The van der Waals surface area contributed by atoms with Gasteiger partial charge in [0.2, 0.25) is 0 Å². The van der Waals surface area contributed by atoms with Crippen molar-refractivity contribution in [1.29, 1.82) is 0 Å². The summed E-state index contributed by atoms with van der Waals surface area (Å²) in [5, 5.41) is 10.6. The predicted octanol–water partition coefficient (Wildman–Crippen LogP) is 3.49. The second-order valence-electron chi connectivity index (χ2n) is 4.86. The van der Waals surface area contributed by atoms with Gasteiger partial charge in [0.25, 0.3) is 0 Å². The minimum atomic E-state index is -0.526. The molecular weight excluding hydrogens is 329 g/mol. The molecule has 8 heteroatoms. The van der Waals surface area contributed by atoms with Crippen LogP contribution in [0.2, 0.25) is 0 Å². The lowest BCUT2D eigenvalue weighted by atomic mass is 10.1. The third-order valence-electron chi connectivity index (χ3n) is 3.22. The van der Waals surface area contributed by atoms with Crippen LogP contribution in [0.15, 0.2) is 69.6 Å². The van der Waals surface area contributed by atoms with Crippen LogP contribution in [-0.4, -0.2) is 14.9 Å². The highest BCUT2D eigenvalue weighted by atomic mass is 32.1. The van der Waals surface area contributed by atoms with Crippen molar-refractivity contribution < 1.29 is 4.39 Å². The zero-order chi connectivity index (χ0) is 17.1. The molecule has 3 rings (SSSR count). The molecule has 0 atom stereocenters. The van der Waals surface area contributed by atoms with E-state index in [1.807, 2.05) is 18.2 Å². The number of benzene rings is 2. The van der Waals surface area contributed by atoms with Gasteiger partial charge in [-0.25, -0.2) is 4.39 Å². The Kier molecular flexibility index (Phi) is 4.30. The van der Waals surface area contributed by atoms with E-state index < -0.39 is 11.4 Å². The number of nitrogens with two attached hydrogens (primary N) is 1. The van der Waals surface area contributed by atoms with Crippen LogP contribution in [0.5, 0.6) is 0 Å². The molecule has 0 aliphatic heterocycles.